The summed E-state index contributed by atoms with van der Waals surface area (Å²) in [5, 5.41) is 0. The smallest absolute Gasteiger partial charge is 0.241 e. The van der Waals surface area contributed by atoms with E-state index in [1.807, 2.05) is 11.9 Å². The van der Waals surface area contributed by atoms with Crippen LogP contribution < -0.4 is 10.6 Å². The number of hydrogen-bond acceptors (Lipinski definition) is 3. The van der Waals surface area contributed by atoms with Gasteiger partial charge in [-0.1, -0.05) is 12.1 Å². The molecule has 0 unspecified atom stereocenters. The summed E-state index contributed by atoms with van der Waals surface area (Å²) in [5.74, 6) is 0.182. The molecule has 2 aliphatic rings. The van der Waals surface area contributed by atoms with E-state index in [-0.39, 0.29) is 11.3 Å². The Kier molecular flexibility index (Phi) is 3.07. The lowest BCUT2D eigenvalue weighted by atomic mass is 9.96. The van der Waals surface area contributed by atoms with Gasteiger partial charge in [0, 0.05) is 30.7 Å². The van der Waals surface area contributed by atoms with Crippen molar-refractivity contribution in [2.24, 2.45) is 5.73 Å². The van der Waals surface area contributed by atoms with Gasteiger partial charge in [0.05, 0.1) is 6.54 Å². The van der Waals surface area contributed by atoms with Crippen molar-refractivity contribution in [2.75, 3.05) is 38.1 Å². The third-order valence-corrected chi connectivity index (χ3v) is 4.45. The van der Waals surface area contributed by atoms with Gasteiger partial charge in [0.15, 0.2) is 0 Å². The van der Waals surface area contributed by atoms with E-state index in [0.717, 1.165) is 25.3 Å². The Balaban J connectivity index is 1.77. The minimum Gasteiger partial charge on any atom is -0.330 e. The quantitative estimate of drug-likeness (QED) is 0.879. The number of likely N-dealkylation sites (N-methyl/N-ethyl adjacent to an activating group) is 1. The van der Waals surface area contributed by atoms with Gasteiger partial charge in [-0.3, -0.25) is 9.69 Å². The maximum atomic E-state index is 12.0. The number of carbonyl (C=O) groups is 1. The van der Waals surface area contributed by atoms with Crippen LogP contribution in [0.2, 0.25) is 0 Å². The number of rotatable bonds is 3. The van der Waals surface area contributed by atoms with E-state index in [1.165, 1.54) is 18.4 Å². The lowest BCUT2D eigenvalue weighted by Gasteiger charge is -2.32. The van der Waals surface area contributed by atoms with E-state index in [1.54, 1.807) is 0 Å². The lowest BCUT2D eigenvalue weighted by Crippen LogP contribution is -2.48. The molecule has 3 rings (SSSR count). The highest BCUT2D eigenvalue weighted by Gasteiger charge is 2.42. The van der Waals surface area contributed by atoms with Crippen LogP contribution in [0.3, 0.4) is 0 Å². The fourth-order valence-corrected chi connectivity index (χ4v) is 2.82. The maximum absolute atomic E-state index is 12.0. The molecule has 0 spiro atoms. The van der Waals surface area contributed by atoms with Crippen LogP contribution in [0.5, 0.6) is 0 Å². The van der Waals surface area contributed by atoms with Gasteiger partial charge in [-0.05, 0) is 37.6 Å². The molecule has 2 N–H and O–H groups in total. The standard InChI is InChI=1S/C15H21N3O/c1-17-8-9-18(14(19)10-17)13-4-2-12(3-5-13)15(11-16)6-7-15/h2-5H,6-11,16H2,1H3. The normalized spacial score (nSPS) is 22.6. The maximum Gasteiger partial charge on any atom is 0.241 e. The molecule has 1 heterocycles. The number of benzene rings is 1. The molecule has 0 bridgehead atoms. The van der Waals surface area contributed by atoms with Crippen LogP contribution in [0.4, 0.5) is 5.69 Å². The molecular weight excluding hydrogens is 238 g/mol. The molecule has 102 valence electrons. The monoisotopic (exact) mass is 259 g/mol. The Labute approximate surface area is 114 Å². The van der Waals surface area contributed by atoms with Gasteiger partial charge >= 0.3 is 0 Å². The van der Waals surface area contributed by atoms with Crippen LogP contribution in [0.25, 0.3) is 0 Å². The topological polar surface area (TPSA) is 49.6 Å². The Morgan fingerprint density at radius 2 is 1.89 bits per heavy atom. The number of nitrogens with two attached hydrogens (primary N) is 1. The molecule has 0 radical (unpaired) electrons. The molecule has 0 atom stereocenters. The van der Waals surface area contributed by atoms with Gasteiger partial charge < -0.3 is 10.6 Å². The zero-order valence-corrected chi connectivity index (χ0v) is 11.4. The minimum atomic E-state index is 0.182. The summed E-state index contributed by atoms with van der Waals surface area (Å²) in [6.45, 7) is 2.94. The Morgan fingerprint density at radius 1 is 1.21 bits per heavy atom. The predicted molar refractivity (Wildman–Crippen MR) is 76.3 cm³/mol. The first-order chi connectivity index (χ1) is 9.14. The van der Waals surface area contributed by atoms with Crippen LogP contribution in [0.15, 0.2) is 24.3 Å². The second-order valence-electron chi connectivity index (χ2n) is 5.81. The fraction of sp³-hybridized carbons (Fsp3) is 0.533. The molecule has 4 nitrogen and oxygen atoms in total. The van der Waals surface area contributed by atoms with Gasteiger partial charge in [0.1, 0.15) is 0 Å². The molecule has 0 aromatic heterocycles. The van der Waals surface area contributed by atoms with Crippen molar-refractivity contribution in [3.63, 3.8) is 0 Å². The molecule has 1 saturated heterocycles. The van der Waals surface area contributed by atoms with E-state index in [2.05, 4.69) is 29.2 Å². The number of carbonyl (C=O) groups excluding carboxylic acids is 1. The molecule has 1 saturated carbocycles. The second kappa shape index (κ2) is 4.62. The summed E-state index contributed by atoms with van der Waals surface area (Å²) >= 11 is 0. The van der Waals surface area contributed by atoms with E-state index >= 15 is 0 Å². The summed E-state index contributed by atoms with van der Waals surface area (Å²) in [4.78, 5) is 16.0. The van der Waals surface area contributed by atoms with Gasteiger partial charge in [0.25, 0.3) is 0 Å². The van der Waals surface area contributed by atoms with Crippen LogP contribution in [-0.4, -0.2) is 44.0 Å². The van der Waals surface area contributed by atoms with Gasteiger partial charge in [-0.2, -0.15) is 0 Å². The summed E-state index contributed by atoms with van der Waals surface area (Å²) in [6.07, 6.45) is 2.38. The molecule has 1 aliphatic heterocycles. The third kappa shape index (κ3) is 2.26. The Morgan fingerprint density at radius 3 is 2.42 bits per heavy atom. The minimum absolute atomic E-state index is 0.182. The average molecular weight is 259 g/mol. The van der Waals surface area contributed by atoms with Crippen LogP contribution in [-0.2, 0) is 10.2 Å². The van der Waals surface area contributed by atoms with Crippen molar-refractivity contribution in [2.45, 2.75) is 18.3 Å². The largest absolute Gasteiger partial charge is 0.330 e. The molecular formula is C15H21N3O. The van der Waals surface area contributed by atoms with Crippen LogP contribution >= 0.6 is 0 Å². The molecule has 1 amide bonds. The van der Waals surface area contributed by atoms with Crippen molar-refractivity contribution in [1.82, 2.24) is 4.90 Å². The Bertz CT molecular complexity index is 479. The van der Waals surface area contributed by atoms with E-state index < -0.39 is 0 Å². The summed E-state index contributed by atoms with van der Waals surface area (Å²) in [5.41, 5.74) is 8.40. The predicted octanol–water partition coefficient (Wildman–Crippen LogP) is 0.955. The van der Waals surface area contributed by atoms with Crippen molar-refractivity contribution >= 4 is 11.6 Å². The first kappa shape index (κ1) is 12.6. The van der Waals surface area contributed by atoms with Crippen LogP contribution in [0, 0.1) is 0 Å². The van der Waals surface area contributed by atoms with Gasteiger partial charge in [0.2, 0.25) is 5.91 Å². The highest BCUT2D eigenvalue weighted by atomic mass is 16.2. The molecule has 1 aromatic carbocycles. The third-order valence-electron chi connectivity index (χ3n) is 4.45. The average Bonchev–Trinajstić information content (AvgIpc) is 3.20. The van der Waals surface area contributed by atoms with Crippen molar-refractivity contribution < 1.29 is 4.79 Å². The molecule has 4 heteroatoms. The van der Waals surface area contributed by atoms with Crippen molar-refractivity contribution in [3.8, 4) is 0 Å². The Hall–Kier alpha value is -1.39. The van der Waals surface area contributed by atoms with Crippen LogP contribution in [0.1, 0.15) is 18.4 Å². The first-order valence-electron chi connectivity index (χ1n) is 6.94. The van der Waals surface area contributed by atoms with Gasteiger partial charge in [-0.25, -0.2) is 0 Å². The highest BCUT2D eigenvalue weighted by Crippen LogP contribution is 2.47. The fourth-order valence-electron chi connectivity index (χ4n) is 2.82. The summed E-state index contributed by atoms with van der Waals surface area (Å²) in [6, 6.07) is 8.41. The number of anilines is 1. The van der Waals surface area contributed by atoms with E-state index in [0.29, 0.717) is 6.54 Å². The molecule has 2 fully saturated rings. The van der Waals surface area contributed by atoms with Crippen molar-refractivity contribution in [3.05, 3.63) is 29.8 Å². The van der Waals surface area contributed by atoms with E-state index in [4.69, 9.17) is 5.73 Å². The number of piperazine rings is 1. The number of hydrogen-bond donors (Lipinski definition) is 1. The second-order valence-corrected chi connectivity index (χ2v) is 5.81. The van der Waals surface area contributed by atoms with Crippen molar-refractivity contribution in [1.29, 1.82) is 0 Å². The first-order valence-corrected chi connectivity index (χ1v) is 6.94. The zero-order valence-electron chi connectivity index (χ0n) is 11.4. The summed E-state index contributed by atoms with van der Waals surface area (Å²) in [7, 11) is 1.98. The lowest BCUT2D eigenvalue weighted by molar-refractivity contribution is -0.120. The number of amides is 1. The van der Waals surface area contributed by atoms with E-state index in [9.17, 15) is 4.79 Å². The SMILES string of the molecule is CN1CCN(c2ccc(C3(CN)CC3)cc2)C(=O)C1. The highest BCUT2D eigenvalue weighted by molar-refractivity contribution is 5.95. The zero-order chi connectivity index (χ0) is 13.5. The molecule has 1 aromatic rings. The molecule has 1 aliphatic carbocycles. The molecule has 19 heavy (non-hydrogen) atoms. The number of nitrogens with zero attached hydrogens (tertiary/aromatic N) is 2. The van der Waals surface area contributed by atoms with Gasteiger partial charge in [-0.15, -0.1) is 0 Å². The summed E-state index contributed by atoms with van der Waals surface area (Å²) < 4.78 is 0.